The number of esters is 1. The molecule has 3 rings (SSSR count). The van der Waals surface area contributed by atoms with Crippen LogP contribution in [0.15, 0.2) is 24.3 Å². The molecule has 0 amide bonds. The quantitative estimate of drug-likeness (QED) is 0.454. The molecule has 0 spiro atoms. The van der Waals surface area contributed by atoms with Crippen LogP contribution in [0.4, 0.5) is 0 Å². The topological polar surface area (TPSA) is 89.1 Å². The van der Waals surface area contributed by atoms with E-state index in [0.717, 1.165) is 15.2 Å². The van der Waals surface area contributed by atoms with Crippen molar-refractivity contribution in [2.24, 2.45) is 0 Å². The highest BCUT2D eigenvalue weighted by Crippen LogP contribution is 2.23. The molecule has 0 unspecified atom stereocenters. The molecule has 0 atom stereocenters. The number of aromatic nitrogens is 2. The Balaban J connectivity index is 1.48. The van der Waals surface area contributed by atoms with Crippen LogP contribution in [0.2, 0.25) is 0 Å². The van der Waals surface area contributed by atoms with E-state index >= 15 is 0 Å². The van der Waals surface area contributed by atoms with Crippen molar-refractivity contribution in [2.75, 3.05) is 6.61 Å². The average Bonchev–Trinajstić information content (AvgIpc) is 3.19. The number of ether oxygens (including phenoxy) is 1. The van der Waals surface area contributed by atoms with Crippen LogP contribution in [0.25, 0.3) is 10.2 Å². The largest absolute Gasteiger partial charge is 0.457 e. The minimum absolute atomic E-state index is 0.0999. The fraction of sp³-hybridized carbons (Fsp3) is 0.333. The Hall–Kier alpha value is -2.80. The van der Waals surface area contributed by atoms with Crippen LogP contribution in [0.3, 0.4) is 0 Å². The second kappa shape index (κ2) is 8.48. The summed E-state index contributed by atoms with van der Waals surface area (Å²) >= 11 is 1.62. The Morgan fingerprint density at radius 1 is 1.18 bits per heavy atom. The third-order valence-electron chi connectivity index (χ3n) is 4.54. The summed E-state index contributed by atoms with van der Waals surface area (Å²) in [6.45, 7) is 4.59. The van der Waals surface area contributed by atoms with Crippen molar-refractivity contribution in [3.8, 4) is 0 Å². The number of ketones is 2. The number of rotatable bonds is 8. The van der Waals surface area contributed by atoms with Gasteiger partial charge in [-0.2, -0.15) is 0 Å². The first-order chi connectivity index (χ1) is 13.4. The number of hydrogen-bond donors (Lipinski definition) is 1. The van der Waals surface area contributed by atoms with Gasteiger partial charge in [0, 0.05) is 17.7 Å². The highest BCUT2D eigenvalue weighted by molar-refractivity contribution is 7.18. The molecule has 1 N–H and O–H groups in total. The minimum atomic E-state index is -0.415. The Kier molecular flexibility index (Phi) is 6.04. The number of aromatic amines is 1. The van der Waals surface area contributed by atoms with E-state index in [0.29, 0.717) is 35.4 Å². The molecule has 7 heteroatoms. The van der Waals surface area contributed by atoms with E-state index in [1.807, 2.05) is 24.3 Å². The van der Waals surface area contributed by atoms with Gasteiger partial charge in [-0.15, -0.1) is 11.3 Å². The number of carbonyl (C=O) groups is 3. The Morgan fingerprint density at radius 3 is 2.61 bits per heavy atom. The summed E-state index contributed by atoms with van der Waals surface area (Å²) < 4.78 is 6.24. The number of fused-ring (bicyclic) bond motifs is 1. The zero-order chi connectivity index (χ0) is 20.3. The SMILES string of the molecule is CC(=O)c1c(C)[nH]c(C(=O)COC(=O)CCCc2nc3ccccc3s2)c1C. The molecule has 0 aliphatic rings. The van der Waals surface area contributed by atoms with Crippen LogP contribution in [0, 0.1) is 13.8 Å². The number of benzene rings is 1. The lowest BCUT2D eigenvalue weighted by Gasteiger charge is -2.04. The molecule has 0 saturated heterocycles. The number of H-pyrrole nitrogens is 1. The van der Waals surface area contributed by atoms with Gasteiger partial charge < -0.3 is 9.72 Å². The predicted octanol–water partition coefficient (Wildman–Crippen LogP) is 4.19. The lowest BCUT2D eigenvalue weighted by molar-refractivity contribution is -0.142. The fourth-order valence-electron chi connectivity index (χ4n) is 3.26. The summed E-state index contributed by atoms with van der Waals surface area (Å²) in [7, 11) is 0. The molecule has 146 valence electrons. The number of carbonyl (C=O) groups excluding carboxylic acids is 3. The van der Waals surface area contributed by atoms with Crippen LogP contribution >= 0.6 is 11.3 Å². The van der Waals surface area contributed by atoms with Crippen molar-refractivity contribution in [1.82, 2.24) is 9.97 Å². The second-order valence-electron chi connectivity index (χ2n) is 6.69. The predicted molar refractivity (Wildman–Crippen MR) is 108 cm³/mol. The summed E-state index contributed by atoms with van der Waals surface area (Å²) in [6, 6.07) is 7.92. The van der Waals surface area contributed by atoms with E-state index in [4.69, 9.17) is 4.74 Å². The molecule has 6 nitrogen and oxygen atoms in total. The first kappa shape index (κ1) is 19.9. The number of nitrogens with one attached hydrogen (secondary N) is 1. The highest BCUT2D eigenvalue weighted by atomic mass is 32.1. The molecule has 0 fully saturated rings. The van der Waals surface area contributed by atoms with Gasteiger partial charge in [-0.25, -0.2) is 4.98 Å². The summed E-state index contributed by atoms with van der Waals surface area (Å²) in [5.74, 6) is -0.855. The normalized spacial score (nSPS) is 11.0. The van der Waals surface area contributed by atoms with Crippen molar-refractivity contribution >= 4 is 39.1 Å². The van der Waals surface area contributed by atoms with Crippen LogP contribution in [0.5, 0.6) is 0 Å². The van der Waals surface area contributed by atoms with Crippen LogP contribution in [-0.4, -0.2) is 34.1 Å². The van der Waals surface area contributed by atoms with Gasteiger partial charge in [-0.05, 0) is 51.3 Å². The number of para-hydroxylation sites is 1. The van der Waals surface area contributed by atoms with Crippen LogP contribution in [-0.2, 0) is 16.0 Å². The zero-order valence-electron chi connectivity index (χ0n) is 16.1. The lowest BCUT2D eigenvalue weighted by atomic mass is 10.1. The van der Waals surface area contributed by atoms with E-state index < -0.39 is 5.97 Å². The number of thiazole rings is 1. The lowest BCUT2D eigenvalue weighted by Crippen LogP contribution is -2.15. The van der Waals surface area contributed by atoms with Crippen LogP contribution in [0.1, 0.15) is 56.9 Å². The maximum Gasteiger partial charge on any atom is 0.306 e. The standard InChI is InChI=1S/C21H22N2O4S/c1-12-20(14(3)24)13(2)22-21(12)16(25)11-27-19(26)10-6-9-18-23-15-7-4-5-8-17(15)28-18/h4-5,7-8,22H,6,9-11H2,1-3H3. The van der Waals surface area contributed by atoms with Crippen molar-refractivity contribution in [1.29, 1.82) is 0 Å². The first-order valence-corrected chi connectivity index (χ1v) is 9.92. The zero-order valence-corrected chi connectivity index (χ0v) is 16.9. The summed E-state index contributed by atoms with van der Waals surface area (Å²) in [4.78, 5) is 43.4. The van der Waals surface area contributed by atoms with Gasteiger partial charge in [0.1, 0.15) is 0 Å². The van der Waals surface area contributed by atoms with Gasteiger partial charge >= 0.3 is 5.97 Å². The van der Waals surface area contributed by atoms with Crippen molar-refractivity contribution in [2.45, 2.75) is 40.0 Å². The van der Waals surface area contributed by atoms with Crippen molar-refractivity contribution < 1.29 is 19.1 Å². The molecule has 1 aromatic carbocycles. The number of aryl methyl sites for hydroxylation is 2. The van der Waals surface area contributed by atoms with Gasteiger partial charge in [0.05, 0.1) is 20.9 Å². The summed E-state index contributed by atoms with van der Waals surface area (Å²) in [5.41, 5.74) is 3.06. The number of Topliss-reactive ketones (excluding diaryl/α,β-unsaturated/α-hetero) is 2. The van der Waals surface area contributed by atoms with E-state index in [9.17, 15) is 14.4 Å². The Bertz CT molecular complexity index is 1020. The fourth-order valence-corrected chi connectivity index (χ4v) is 4.27. The molecule has 3 aromatic rings. The summed E-state index contributed by atoms with van der Waals surface area (Å²) in [5, 5.41) is 0.985. The summed E-state index contributed by atoms with van der Waals surface area (Å²) in [6.07, 6.45) is 1.53. The Labute approximate surface area is 166 Å². The maximum atomic E-state index is 12.3. The second-order valence-corrected chi connectivity index (χ2v) is 7.81. The molecule has 0 radical (unpaired) electrons. The monoisotopic (exact) mass is 398 g/mol. The first-order valence-electron chi connectivity index (χ1n) is 9.10. The molecule has 0 aliphatic carbocycles. The third kappa shape index (κ3) is 4.36. The highest BCUT2D eigenvalue weighted by Gasteiger charge is 2.20. The van der Waals surface area contributed by atoms with Crippen molar-refractivity contribution in [3.05, 3.63) is 51.8 Å². The van der Waals surface area contributed by atoms with Gasteiger partial charge in [-0.1, -0.05) is 12.1 Å². The maximum absolute atomic E-state index is 12.3. The van der Waals surface area contributed by atoms with Gasteiger partial charge in [-0.3, -0.25) is 14.4 Å². The van der Waals surface area contributed by atoms with E-state index in [1.54, 1.807) is 25.2 Å². The van der Waals surface area contributed by atoms with E-state index in [1.165, 1.54) is 6.92 Å². The molecule has 0 bridgehead atoms. The van der Waals surface area contributed by atoms with Gasteiger partial charge in [0.15, 0.2) is 12.4 Å². The Morgan fingerprint density at radius 2 is 1.93 bits per heavy atom. The van der Waals surface area contributed by atoms with Gasteiger partial charge in [0.2, 0.25) is 5.78 Å². The number of hydrogen-bond acceptors (Lipinski definition) is 6. The smallest absolute Gasteiger partial charge is 0.306 e. The molecule has 2 heterocycles. The number of nitrogens with zero attached hydrogens (tertiary/aromatic N) is 1. The third-order valence-corrected chi connectivity index (χ3v) is 5.64. The molecule has 0 saturated carbocycles. The molecule has 0 aliphatic heterocycles. The average molecular weight is 398 g/mol. The van der Waals surface area contributed by atoms with Crippen molar-refractivity contribution in [3.63, 3.8) is 0 Å². The molecule has 28 heavy (non-hydrogen) atoms. The van der Waals surface area contributed by atoms with Crippen LogP contribution < -0.4 is 0 Å². The minimum Gasteiger partial charge on any atom is -0.457 e. The van der Waals surface area contributed by atoms with Gasteiger partial charge in [0.25, 0.3) is 0 Å². The molecule has 2 aromatic heterocycles. The molecular weight excluding hydrogens is 376 g/mol. The van der Waals surface area contributed by atoms with E-state index in [2.05, 4.69) is 9.97 Å². The van der Waals surface area contributed by atoms with E-state index in [-0.39, 0.29) is 24.6 Å². The molecular formula is C21H22N2O4S.